The lowest BCUT2D eigenvalue weighted by atomic mass is 9.85. The molecule has 154 valence electrons. The predicted molar refractivity (Wildman–Crippen MR) is 111 cm³/mol. The Kier molecular flexibility index (Phi) is 8.77. The fraction of sp³-hybridized carbons (Fsp3) is 0.727. The van der Waals surface area contributed by atoms with E-state index < -0.39 is 10.1 Å². The van der Waals surface area contributed by atoms with Crippen LogP contribution in [-0.2, 0) is 10.1 Å². The lowest BCUT2D eigenvalue weighted by Crippen LogP contribution is -2.62. The Morgan fingerprint density at radius 3 is 1.52 bits per heavy atom. The van der Waals surface area contributed by atoms with Crippen LogP contribution in [0.2, 0.25) is 0 Å². The molecule has 0 saturated heterocycles. The standard InChI is InChI=1S/C16H32N.C6H6O3S/c1-3-17(4-2,15-11-7-5-8-12-15)16-13-9-6-10-14-16;7-10(8,9)6-4-2-1-3-5-6/h15-16H,3-14H2,1-2H3;1-5H,(H,7,8,9)/q+1;. The van der Waals surface area contributed by atoms with E-state index in [9.17, 15) is 8.42 Å². The Bertz CT molecular complexity index is 609. The first-order valence-electron chi connectivity index (χ1n) is 10.8. The quantitative estimate of drug-likeness (QED) is 0.532. The molecule has 2 fully saturated rings. The van der Waals surface area contributed by atoms with E-state index in [-0.39, 0.29) is 4.90 Å². The molecule has 0 bridgehead atoms. The molecule has 3 rings (SSSR count). The van der Waals surface area contributed by atoms with Crippen molar-refractivity contribution in [2.45, 2.75) is 95.0 Å². The zero-order chi connectivity index (χ0) is 19.8. The lowest BCUT2D eigenvalue weighted by molar-refractivity contribution is -0.972. The van der Waals surface area contributed by atoms with Gasteiger partial charge in [0.1, 0.15) is 0 Å². The lowest BCUT2D eigenvalue weighted by Gasteiger charge is -2.51. The number of rotatable bonds is 5. The van der Waals surface area contributed by atoms with Gasteiger partial charge in [0.25, 0.3) is 10.1 Å². The van der Waals surface area contributed by atoms with Crippen molar-refractivity contribution in [2.75, 3.05) is 13.1 Å². The van der Waals surface area contributed by atoms with Crippen molar-refractivity contribution < 1.29 is 17.5 Å². The molecular formula is C22H38NO3S+. The molecule has 5 heteroatoms. The maximum Gasteiger partial charge on any atom is 0.294 e. The van der Waals surface area contributed by atoms with Crippen LogP contribution < -0.4 is 0 Å². The van der Waals surface area contributed by atoms with Crippen molar-refractivity contribution in [3.05, 3.63) is 30.3 Å². The van der Waals surface area contributed by atoms with E-state index in [1.54, 1.807) is 18.2 Å². The summed E-state index contributed by atoms with van der Waals surface area (Å²) < 4.78 is 30.7. The highest BCUT2D eigenvalue weighted by Crippen LogP contribution is 2.36. The molecular weight excluding hydrogens is 358 g/mol. The summed E-state index contributed by atoms with van der Waals surface area (Å²) in [6, 6.07) is 9.43. The molecule has 27 heavy (non-hydrogen) atoms. The second-order valence-electron chi connectivity index (χ2n) is 8.11. The van der Waals surface area contributed by atoms with Gasteiger partial charge in [-0.05, 0) is 77.3 Å². The number of hydrogen-bond acceptors (Lipinski definition) is 2. The van der Waals surface area contributed by atoms with Crippen LogP contribution in [-0.4, -0.2) is 42.6 Å². The summed E-state index contributed by atoms with van der Waals surface area (Å²) in [5.74, 6) is 0. The first-order chi connectivity index (χ1) is 12.9. The third-order valence-electron chi connectivity index (χ3n) is 6.82. The average molecular weight is 397 g/mol. The summed E-state index contributed by atoms with van der Waals surface area (Å²) in [6.07, 6.45) is 15.0. The van der Waals surface area contributed by atoms with E-state index in [2.05, 4.69) is 13.8 Å². The van der Waals surface area contributed by atoms with Gasteiger partial charge in [-0.1, -0.05) is 31.0 Å². The summed E-state index contributed by atoms with van der Waals surface area (Å²) in [5.41, 5.74) is 0. The van der Waals surface area contributed by atoms with Gasteiger partial charge in [-0.2, -0.15) is 8.42 Å². The molecule has 0 aromatic heterocycles. The summed E-state index contributed by atoms with van der Waals surface area (Å²) in [5, 5.41) is 0. The Morgan fingerprint density at radius 1 is 0.815 bits per heavy atom. The van der Waals surface area contributed by atoms with E-state index >= 15 is 0 Å². The molecule has 1 N–H and O–H groups in total. The van der Waals surface area contributed by atoms with Crippen LogP contribution in [0.4, 0.5) is 0 Å². The van der Waals surface area contributed by atoms with Crippen molar-refractivity contribution in [3.8, 4) is 0 Å². The maximum absolute atomic E-state index is 10.4. The first kappa shape index (κ1) is 22.4. The van der Waals surface area contributed by atoms with Crippen LogP contribution >= 0.6 is 0 Å². The third-order valence-corrected chi connectivity index (χ3v) is 7.69. The highest BCUT2D eigenvalue weighted by atomic mass is 32.2. The van der Waals surface area contributed by atoms with Crippen LogP contribution in [0.15, 0.2) is 35.2 Å². The van der Waals surface area contributed by atoms with Crippen molar-refractivity contribution >= 4 is 10.1 Å². The van der Waals surface area contributed by atoms with E-state index in [4.69, 9.17) is 4.55 Å². The third kappa shape index (κ3) is 6.03. The van der Waals surface area contributed by atoms with Gasteiger partial charge in [-0.15, -0.1) is 0 Å². The normalized spacial score (nSPS) is 20.0. The van der Waals surface area contributed by atoms with Gasteiger partial charge < -0.3 is 4.48 Å². The summed E-state index contributed by atoms with van der Waals surface area (Å²) >= 11 is 0. The number of hydrogen-bond donors (Lipinski definition) is 1. The number of nitrogens with zero attached hydrogens (tertiary/aromatic N) is 1. The minimum absolute atomic E-state index is 0.0741. The minimum atomic E-state index is -4.00. The molecule has 0 spiro atoms. The second-order valence-corrected chi connectivity index (χ2v) is 9.53. The van der Waals surface area contributed by atoms with Crippen LogP contribution in [0.1, 0.15) is 78.1 Å². The summed E-state index contributed by atoms with van der Waals surface area (Å²) in [6.45, 7) is 7.66. The van der Waals surface area contributed by atoms with E-state index in [0.717, 1.165) is 12.1 Å². The molecule has 2 aliphatic carbocycles. The fourth-order valence-electron chi connectivity index (χ4n) is 5.34. The fourth-order valence-corrected chi connectivity index (χ4v) is 5.84. The molecule has 1 aromatic carbocycles. The molecule has 0 atom stereocenters. The van der Waals surface area contributed by atoms with Gasteiger partial charge in [-0.25, -0.2) is 0 Å². The molecule has 4 nitrogen and oxygen atoms in total. The van der Waals surface area contributed by atoms with E-state index in [1.807, 2.05) is 0 Å². The Labute approximate surface area is 166 Å². The predicted octanol–water partition coefficient (Wildman–Crippen LogP) is 5.44. The average Bonchev–Trinajstić information content (AvgIpc) is 2.72. The molecule has 2 aliphatic rings. The van der Waals surface area contributed by atoms with E-state index in [1.165, 1.54) is 93.9 Å². The van der Waals surface area contributed by atoms with Crippen molar-refractivity contribution in [2.24, 2.45) is 0 Å². The Morgan fingerprint density at radius 2 is 1.22 bits per heavy atom. The van der Waals surface area contributed by atoms with Gasteiger partial charge in [0.15, 0.2) is 0 Å². The van der Waals surface area contributed by atoms with Crippen molar-refractivity contribution in [1.29, 1.82) is 0 Å². The summed E-state index contributed by atoms with van der Waals surface area (Å²) in [4.78, 5) is -0.0741. The molecule has 0 heterocycles. The SMILES string of the molecule is CC[N+](CC)(C1CCCCC1)C1CCCCC1.O=S(=O)(O)c1ccccc1. The van der Waals surface area contributed by atoms with Crippen molar-refractivity contribution in [3.63, 3.8) is 0 Å². The van der Waals surface area contributed by atoms with E-state index in [0.29, 0.717) is 0 Å². The number of quaternary nitrogens is 1. The second kappa shape index (κ2) is 10.6. The highest BCUT2D eigenvalue weighted by molar-refractivity contribution is 7.85. The topological polar surface area (TPSA) is 54.4 Å². The number of benzene rings is 1. The molecule has 2 saturated carbocycles. The van der Waals surface area contributed by atoms with Gasteiger partial charge in [0.2, 0.25) is 0 Å². The zero-order valence-electron chi connectivity index (χ0n) is 17.1. The molecule has 0 amide bonds. The highest BCUT2D eigenvalue weighted by Gasteiger charge is 2.41. The van der Waals surface area contributed by atoms with Crippen molar-refractivity contribution in [1.82, 2.24) is 0 Å². The first-order valence-corrected chi connectivity index (χ1v) is 12.3. The molecule has 0 radical (unpaired) electrons. The zero-order valence-corrected chi connectivity index (χ0v) is 18.0. The van der Waals surface area contributed by atoms with Crippen LogP contribution in [0.3, 0.4) is 0 Å². The van der Waals surface area contributed by atoms with Gasteiger partial charge in [-0.3, -0.25) is 4.55 Å². The Hall–Kier alpha value is -0.910. The van der Waals surface area contributed by atoms with Crippen LogP contribution in [0.25, 0.3) is 0 Å². The monoisotopic (exact) mass is 396 g/mol. The van der Waals surface area contributed by atoms with Gasteiger partial charge >= 0.3 is 0 Å². The molecule has 0 unspecified atom stereocenters. The largest absolute Gasteiger partial charge is 0.319 e. The van der Waals surface area contributed by atoms with Crippen LogP contribution in [0, 0.1) is 0 Å². The molecule has 1 aromatic rings. The smallest absolute Gasteiger partial charge is 0.294 e. The maximum atomic E-state index is 10.4. The van der Waals surface area contributed by atoms with Crippen LogP contribution in [0.5, 0.6) is 0 Å². The Balaban J connectivity index is 0.000000223. The van der Waals surface area contributed by atoms with Gasteiger partial charge in [0.05, 0.1) is 30.1 Å². The minimum Gasteiger partial charge on any atom is -0.319 e. The summed E-state index contributed by atoms with van der Waals surface area (Å²) in [7, 11) is -4.00. The van der Waals surface area contributed by atoms with Gasteiger partial charge in [0, 0.05) is 0 Å². The molecule has 0 aliphatic heterocycles.